The van der Waals surface area contributed by atoms with Gasteiger partial charge in [0.25, 0.3) is 0 Å². The monoisotopic (exact) mass is 347 g/mol. The Bertz CT molecular complexity index is 756. The number of amides is 1. The fourth-order valence-corrected chi connectivity index (χ4v) is 4.74. The molecule has 7 heteroatoms. The fraction of sp³-hybridized carbons (Fsp3) is 0.588. The highest BCUT2D eigenvalue weighted by Gasteiger charge is 2.50. The van der Waals surface area contributed by atoms with Crippen molar-refractivity contribution in [2.24, 2.45) is 5.92 Å². The largest absolute Gasteiger partial charge is 0.380 e. The van der Waals surface area contributed by atoms with Crippen LogP contribution < -0.4 is 0 Å². The van der Waals surface area contributed by atoms with E-state index in [2.05, 4.69) is 28.5 Å². The Morgan fingerprint density at radius 1 is 1.42 bits per heavy atom. The van der Waals surface area contributed by atoms with Gasteiger partial charge in [-0.15, -0.1) is 11.3 Å². The number of aromatic nitrogens is 2. The predicted molar refractivity (Wildman–Crippen MR) is 88.8 cm³/mol. The van der Waals surface area contributed by atoms with Gasteiger partial charge in [-0.2, -0.15) is 4.98 Å². The van der Waals surface area contributed by atoms with Crippen molar-refractivity contribution in [3.63, 3.8) is 0 Å². The molecule has 0 spiro atoms. The molecule has 1 saturated carbocycles. The maximum atomic E-state index is 13.1. The quantitative estimate of drug-likeness (QED) is 0.851. The SMILES string of the molecule is CO[C@@H]1C[C@H](c2nc(C)no2)N(C(=O)C2CC2c2sccc2C)C1. The normalized spacial score (nSPS) is 29.2. The molecule has 0 N–H and O–H groups in total. The number of hydrogen-bond donors (Lipinski definition) is 0. The number of rotatable bonds is 4. The molecular weight excluding hydrogens is 326 g/mol. The Morgan fingerprint density at radius 3 is 2.88 bits per heavy atom. The number of hydrogen-bond acceptors (Lipinski definition) is 6. The molecule has 1 aliphatic carbocycles. The molecule has 2 aromatic heterocycles. The van der Waals surface area contributed by atoms with E-state index in [0.29, 0.717) is 30.6 Å². The van der Waals surface area contributed by atoms with Crippen molar-refractivity contribution in [3.8, 4) is 0 Å². The van der Waals surface area contributed by atoms with Crippen LogP contribution in [0.4, 0.5) is 0 Å². The van der Waals surface area contributed by atoms with E-state index in [-0.39, 0.29) is 24.0 Å². The van der Waals surface area contributed by atoms with E-state index in [4.69, 9.17) is 9.26 Å². The number of methoxy groups -OCH3 is 1. The Hall–Kier alpha value is -1.73. The van der Waals surface area contributed by atoms with Crippen LogP contribution in [0.1, 0.15) is 47.0 Å². The van der Waals surface area contributed by atoms with Gasteiger partial charge in [-0.05, 0) is 37.3 Å². The van der Waals surface area contributed by atoms with Crippen molar-refractivity contribution in [1.29, 1.82) is 0 Å². The van der Waals surface area contributed by atoms with Crippen molar-refractivity contribution in [3.05, 3.63) is 33.6 Å². The molecule has 1 aliphatic heterocycles. The minimum Gasteiger partial charge on any atom is -0.380 e. The van der Waals surface area contributed by atoms with Crippen molar-refractivity contribution in [2.75, 3.05) is 13.7 Å². The average molecular weight is 347 g/mol. The van der Waals surface area contributed by atoms with Gasteiger partial charge in [-0.1, -0.05) is 5.16 Å². The van der Waals surface area contributed by atoms with Gasteiger partial charge in [0.1, 0.15) is 6.04 Å². The molecule has 128 valence electrons. The molecule has 4 atom stereocenters. The highest BCUT2D eigenvalue weighted by molar-refractivity contribution is 7.10. The number of carbonyl (C=O) groups is 1. The number of likely N-dealkylation sites (tertiary alicyclic amines) is 1. The van der Waals surface area contributed by atoms with Crippen LogP contribution in [-0.2, 0) is 9.53 Å². The van der Waals surface area contributed by atoms with E-state index >= 15 is 0 Å². The highest BCUT2D eigenvalue weighted by atomic mass is 32.1. The first-order chi connectivity index (χ1) is 11.6. The first-order valence-electron chi connectivity index (χ1n) is 8.26. The lowest BCUT2D eigenvalue weighted by Crippen LogP contribution is -2.33. The zero-order valence-electron chi connectivity index (χ0n) is 14.1. The predicted octanol–water partition coefficient (Wildman–Crippen LogP) is 2.84. The van der Waals surface area contributed by atoms with Crippen LogP contribution in [0, 0.1) is 19.8 Å². The van der Waals surface area contributed by atoms with Gasteiger partial charge in [-0.3, -0.25) is 4.79 Å². The van der Waals surface area contributed by atoms with Crippen molar-refractivity contribution in [1.82, 2.24) is 15.0 Å². The first-order valence-corrected chi connectivity index (χ1v) is 9.14. The second kappa shape index (κ2) is 5.97. The molecule has 6 nitrogen and oxygen atoms in total. The molecule has 2 aromatic rings. The third-order valence-corrected chi connectivity index (χ3v) is 6.20. The van der Waals surface area contributed by atoms with Crippen LogP contribution in [0.3, 0.4) is 0 Å². The summed E-state index contributed by atoms with van der Waals surface area (Å²) < 4.78 is 10.8. The van der Waals surface area contributed by atoms with Crippen LogP contribution in [0.5, 0.6) is 0 Å². The average Bonchev–Trinajstić information content (AvgIpc) is 2.92. The summed E-state index contributed by atoms with van der Waals surface area (Å²) in [5, 5.41) is 5.97. The van der Waals surface area contributed by atoms with E-state index in [1.807, 2.05) is 4.90 Å². The molecule has 0 aromatic carbocycles. The molecule has 2 aliphatic rings. The van der Waals surface area contributed by atoms with Gasteiger partial charge in [0.2, 0.25) is 11.8 Å². The number of aryl methyl sites for hydroxylation is 2. The molecule has 1 saturated heterocycles. The van der Waals surface area contributed by atoms with Gasteiger partial charge in [-0.25, -0.2) is 0 Å². The van der Waals surface area contributed by atoms with E-state index in [9.17, 15) is 4.79 Å². The summed E-state index contributed by atoms with van der Waals surface area (Å²) >= 11 is 1.75. The summed E-state index contributed by atoms with van der Waals surface area (Å²) in [7, 11) is 1.68. The molecular formula is C17H21N3O3S. The van der Waals surface area contributed by atoms with Crippen LogP contribution in [-0.4, -0.2) is 40.7 Å². The molecule has 0 bridgehead atoms. The summed E-state index contributed by atoms with van der Waals surface area (Å²) in [5.74, 6) is 1.74. The zero-order chi connectivity index (χ0) is 16.8. The van der Waals surface area contributed by atoms with E-state index in [1.54, 1.807) is 25.4 Å². The number of ether oxygens (including phenoxy) is 1. The zero-order valence-corrected chi connectivity index (χ0v) is 14.9. The van der Waals surface area contributed by atoms with E-state index in [1.165, 1.54) is 10.4 Å². The topological polar surface area (TPSA) is 68.5 Å². The highest BCUT2D eigenvalue weighted by Crippen LogP contribution is 2.52. The molecule has 2 unspecified atom stereocenters. The van der Waals surface area contributed by atoms with Gasteiger partial charge >= 0.3 is 0 Å². The number of carbonyl (C=O) groups excluding carboxylic acids is 1. The van der Waals surface area contributed by atoms with Gasteiger partial charge in [0.15, 0.2) is 5.82 Å². The van der Waals surface area contributed by atoms with Crippen molar-refractivity contribution in [2.45, 2.75) is 44.8 Å². The third kappa shape index (κ3) is 2.65. The van der Waals surface area contributed by atoms with E-state index in [0.717, 1.165) is 6.42 Å². The van der Waals surface area contributed by atoms with Crippen molar-refractivity contribution < 1.29 is 14.1 Å². The molecule has 1 amide bonds. The first kappa shape index (κ1) is 15.8. The summed E-state index contributed by atoms with van der Waals surface area (Å²) in [6.07, 6.45) is 1.66. The second-order valence-electron chi connectivity index (χ2n) is 6.70. The lowest BCUT2D eigenvalue weighted by atomic mass is 10.1. The number of nitrogens with zero attached hydrogens (tertiary/aromatic N) is 3. The maximum Gasteiger partial charge on any atom is 0.249 e. The summed E-state index contributed by atoms with van der Waals surface area (Å²) in [6, 6.07) is 1.95. The number of thiophene rings is 1. The summed E-state index contributed by atoms with van der Waals surface area (Å²) in [4.78, 5) is 20.6. The molecule has 2 fully saturated rings. The third-order valence-electron chi connectivity index (χ3n) is 5.05. The Kier molecular flexibility index (Phi) is 3.92. The smallest absolute Gasteiger partial charge is 0.249 e. The van der Waals surface area contributed by atoms with Crippen LogP contribution in [0.2, 0.25) is 0 Å². The van der Waals surface area contributed by atoms with Crippen LogP contribution in [0.25, 0.3) is 0 Å². The Balaban J connectivity index is 1.53. The van der Waals surface area contributed by atoms with Crippen LogP contribution in [0.15, 0.2) is 16.0 Å². The molecule has 4 rings (SSSR count). The Morgan fingerprint density at radius 2 is 2.25 bits per heavy atom. The minimum atomic E-state index is -0.172. The maximum absolute atomic E-state index is 13.1. The van der Waals surface area contributed by atoms with Gasteiger partial charge in [0, 0.05) is 36.8 Å². The molecule has 24 heavy (non-hydrogen) atoms. The van der Waals surface area contributed by atoms with E-state index < -0.39 is 0 Å². The molecule has 3 heterocycles. The van der Waals surface area contributed by atoms with Crippen LogP contribution >= 0.6 is 11.3 Å². The summed E-state index contributed by atoms with van der Waals surface area (Å²) in [5.41, 5.74) is 1.29. The fourth-order valence-electron chi connectivity index (χ4n) is 3.63. The lowest BCUT2D eigenvalue weighted by molar-refractivity contribution is -0.134. The second-order valence-corrected chi connectivity index (χ2v) is 7.64. The minimum absolute atomic E-state index is 0.0202. The molecule has 0 radical (unpaired) electrons. The lowest BCUT2D eigenvalue weighted by Gasteiger charge is -2.21. The Labute approximate surface area is 144 Å². The standard InChI is InChI=1S/C17H21N3O3S/c1-9-4-5-24-15(9)12-7-13(12)17(21)20-8-11(22-3)6-14(20)16-18-10(2)19-23-16/h4-5,11-14H,6-8H2,1-3H3/t11-,12?,13?,14-/m1/s1. The van der Waals surface area contributed by atoms with Crippen molar-refractivity contribution >= 4 is 17.2 Å². The van der Waals surface area contributed by atoms with Gasteiger partial charge < -0.3 is 14.2 Å². The van der Waals surface area contributed by atoms with Gasteiger partial charge in [0.05, 0.1) is 6.10 Å². The summed E-state index contributed by atoms with van der Waals surface area (Å²) in [6.45, 7) is 4.50.